The maximum Gasteiger partial charge on any atom is 0.345 e. The molecule has 0 unspecified atom stereocenters. The molecule has 15 heavy (non-hydrogen) atoms. The van der Waals surface area contributed by atoms with Gasteiger partial charge in [0.2, 0.25) is 6.29 Å². The van der Waals surface area contributed by atoms with Gasteiger partial charge in [0, 0.05) is 6.07 Å². The van der Waals surface area contributed by atoms with Crippen LogP contribution in [0.2, 0.25) is 0 Å². The van der Waals surface area contributed by atoms with Crippen LogP contribution in [-0.4, -0.2) is 23.8 Å². The van der Waals surface area contributed by atoms with E-state index >= 15 is 0 Å². The second-order valence-electron chi connectivity index (χ2n) is 2.49. The molecule has 0 aliphatic heterocycles. The standard InChI is InChI=1S/C9H6NO5/c11-5-6-15-9(12)7-3-1-2-4-8(7)10(13)14/h1-4H,6H2. The maximum atomic E-state index is 11.2. The predicted octanol–water partition coefficient (Wildman–Crippen LogP) is 0.861. The molecule has 0 aromatic heterocycles. The van der Waals surface area contributed by atoms with Gasteiger partial charge in [0.05, 0.1) is 4.92 Å². The smallest absolute Gasteiger partial charge is 0.345 e. The van der Waals surface area contributed by atoms with E-state index in [1.165, 1.54) is 30.6 Å². The van der Waals surface area contributed by atoms with Crippen molar-refractivity contribution >= 4 is 17.9 Å². The molecule has 77 valence electrons. The van der Waals surface area contributed by atoms with Gasteiger partial charge in [0.25, 0.3) is 5.69 Å². The second kappa shape index (κ2) is 4.85. The molecule has 0 saturated heterocycles. The first-order valence-corrected chi connectivity index (χ1v) is 3.92. The summed E-state index contributed by atoms with van der Waals surface area (Å²) < 4.78 is 4.40. The Morgan fingerprint density at radius 3 is 2.73 bits per heavy atom. The van der Waals surface area contributed by atoms with Crippen LogP contribution in [0.25, 0.3) is 0 Å². The van der Waals surface area contributed by atoms with Gasteiger partial charge in [-0.15, -0.1) is 0 Å². The number of hydrogen-bond acceptors (Lipinski definition) is 5. The fraction of sp³-hybridized carbons (Fsp3) is 0.111. The van der Waals surface area contributed by atoms with Crippen molar-refractivity contribution in [3.63, 3.8) is 0 Å². The Kier molecular flexibility index (Phi) is 3.50. The number of carbonyl (C=O) groups is 1. The Labute approximate surface area is 84.6 Å². The molecule has 0 N–H and O–H groups in total. The molecule has 0 saturated carbocycles. The molecule has 1 aromatic carbocycles. The van der Waals surface area contributed by atoms with E-state index in [4.69, 9.17) is 0 Å². The largest absolute Gasteiger partial charge is 0.453 e. The van der Waals surface area contributed by atoms with E-state index in [-0.39, 0.29) is 11.3 Å². The zero-order valence-electron chi connectivity index (χ0n) is 7.50. The number of rotatable bonds is 4. The molecule has 1 radical (unpaired) electrons. The van der Waals surface area contributed by atoms with Crippen molar-refractivity contribution in [2.24, 2.45) is 0 Å². The van der Waals surface area contributed by atoms with Crippen LogP contribution in [0.4, 0.5) is 5.69 Å². The number of nitro benzene ring substituents is 1. The lowest BCUT2D eigenvalue weighted by atomic mass is 10.2. The minimum absolute atomic E-state index is 0.183. The van der Waals surface area contributed by atoms with E-state index in [1.807, 2.05) is 0 Å². The zero-order valence-corrected chi connectivity index (χ0v) is 7.50. The quantitative estimate of drug-likeness (QED) is 0.416. The number of esters is 1. The first kappa shape index (κ1) is 10.8. The number of nitrogens with zero attached hydrogens (tertiary/aromatic N) is 1. The summed E-state index contributed by atoms with van der Waals surface area (Å²) in [4.78, 5) is 30.9. The molecule has 0 bridgehead atoms. The van der Waals surface area contributed by atoms with Crippen LogP contribution in [0.5, 0.6) is 0 Å². The van der Waals surface area contributed by atoms with Gasteiger partial charge in [-0.2, -0.15) is 0 Å². The van der Waals surface area contributed by atoms with E-state index in [2.05, 4.69) is 4.74 Å². The number of hydrogen-bond donors (Lipinski definition) is 0. The van der Waals surface area contributed by atoms with Crippen LogP contribution < -0.4 is 0 Å². The molecule has 0 aliphatic carbocycles. The highest BCUT2D eigenvalue weighted by atomic mass is 16.6. The summed E-state index contributed by atoms with van der Waals surface area (Å²) in [5.41, 5.74) is -0.536. The fourth-order valence-electron chi connectivity index (χ4n) is 0.978. The summed E-state index contributed by atoms with van der Waals surface area (Å²) in [7, 11) is 0. The molecule has 1 aromatic rings. The van der Waals surface area contributed by atoms with Crippen molar-refractivity contribution in [2.75, 3.05) is 6.61 Å². The van der Waals surface area contributed by atoms with Gasteiger partial charge in [0.15, 0.2) is 6.61 Å². The summed E-state index contributed by atoms with van der Waals surface area (Å²) in [6, 6.07) is 5.33. The Bertz CT molecular complexity index is 401. The molecule has 0 fully saturated rings. The van der Waals surface area contributed by atoms with Crippen LogP contribution in [0.3, 0.4) is 0 Å². The monoisotopic (exact) mass is 208 g/mol. The summed E-state index contributed by atoms with van der Waals surface area (Å²) in [5, 5.41) is 10.5. The van der Waals surface area contributed by atoms with E-state index in [0.717, 1.165) is 0 Å². The van der Waals surface area contributed by atoms with E-state index in [1.54, 1.807) is 0 Å². The van der Waals surface area contributed by atoms with Crippen LogP contribution >= 0.6 is 0 Å². The average Bonchev–Trinajstić information content (AvgIpc) is 2.25. The first-order valence-electron chi connectivity index (χ1n) is 3.92. The molecule has 0 spiro atoms. The van der Waals surface area contributed by atoms with Gasteiger partial charge >= 0.3 is 5.97 Å². The summed E-state index contributed by atoms with van der Waals surface area (Å²) in [6.45, 7) is -0.537. The molecule has 0 aliphatic rings. The second-order valence-corrected chi connectivity index (χ2v) is 2.49. The minimum atomic E-state index is -0.911. The van der Waals surface area contributed by atoms with Gasteiger partial charge in [0.1, 0.15) is 5.56 Å². The number of benzene rings is 1. The molecule has 6 nitrogen and oxygen atoms in total. The van der Waals surface area contributed by atoms with Crippen LogP contribution in [-0.2, 0) is 9.53 Å². The molecular formula is C9H6NO5. The third-order valence-electron chi connectivity index (χ3n) is 1.58. The lowest BCUT2D eigenvalue weighted by Gasteiger charge is -2.00. The molecule has 0 amide bonds. The lowest BCUT2D eigenvalue weighted by Crippen LogP contribution is -2.09. The van der Waals surface area contributed by atoms with Crippen LogP contribution in [0.1, 0.15) is 10.4 Å². The molecule has 6 heteroatoms. The van der Waals surface area contributed by atoms with Crippen molar-refractivity contribution in [3.05, 3.63) is 39.9 Å². The average molecular weight is 208 g/mol. The highest BCUT2D eigenvalue weighted by Crippen LogP contribution is 2.18. The number of carbonyl (C=O) groups excluding carboxylic acids is 2. The highest BCUT2D eigenvalue weighted by Gasteiger charge is 2.19. The van der Waals surface area contributed by atoms with Gasteiger partial charge in [-0.05, 0) is 6.07 Å². The zero-order chi connectivity index (χ0) is 11.3. The Morgan fingerprint density at radius 1 is 1.47 bits per heavy atom. The molecule has 1 rings (SSSR count). The normalized spacial score (nSPS) is 9.33. The van der Waals surface area contributed by atoms with Crippen molar-refractivity contribution in [2.45, 2.75) is 0 Å². The highest BCUT2D eigenvalue weighted by molar-refractivity contribution is 5.94. The van der Waals surface area contributed by atoms with E-state index in [0.29, 0.717) is 0 Å². The van der Waals surface area contributed by atoms with Crippen molar-refractivity contribution in [1.29, 1.82) is 0 Å². The topological polar surface area (TPSA) is 86.5 Å². The van der Waals surface area contributed by atoms with Gasteiger partial charge in [-0.1, -0.05) is 12.1 Å². The van der Waals surface area contributed by atoms with Gasteiger partial charge in [-0.3, -0.25) is 14.9 Å². The molecule has 0 atom stereocenters. The SMILES string of the molecule is O=[C]COC(=O)c1ccccc1[N+](=O)[O-]. The van der Waals surface area contributed by atoms with E-state index < -0.39 is 17.5 Å². The van der Waals surface area contributed by atoms with E-state index in [9.17, 15) is 19.7 Å². The third kappa shape index (κ3) is 2.60. The number of nitro groups is 1. The van der Waals surface area contributed by atoms with Crippen LogP contribution in [0, 0.1) is 10.1 Å². The third-order valence-corrected chi connectivity index (χ3v) is 1.58. The van der Waals surface area contributed by atoms with Gasteiger partial charge in [-0.25, -0.2) is 4.79 Å². The van der Waals surface area contributed by atoms with Crippen LogP contribution in [0.15, 0.2) is 24.3 Å². The Hall–Kier alpha value is -2.24. The molecular weight excluding hydrogens is 202 g/mol. The van der Waals surface area contributed by atoms with Gasteiger partial charge < -0.3 is 4.74 Å². The first-order chi connectivity index (χ1) is 7.16. The summed E-state index contributed by atoms with van der Waals surface area (Å²) >= 11 is 0. The minimum Gasteiger partial charge on any atom is -0.453 e. The fourth-order valence-corrected chi connectivity index (χ4v) is 0.978. The van der Waals surface area contributed by atoms with Crippen molar-refractivity contribution in [1.82, 2.24) is 0 Å². The van der Waals surface area contributed by atoms with Crippen molar-refractivity contribution in [3.8, 4) is 0 Å². The van der Waals surface area contributed by atoms with Crippen molar-refractivity contribution < 1.29 is 19.2 Å². The Morgan fingerprint density at radius 2 is 2.13 bits per heavy atom. The predicted molar refractivity (Wildman–Crippen MR) is 49.1 cm³/mol. The molecule has 0 heterocycles. The maximum absolute atomic E-state index is 11.2. The summed E-state index contributed by atoms with van der Waals surface area (Å²) in [5.74, 6) is -0.911. The summed E-state index contributed by atoms with van der Waals surface area (Å²) in [6.07, 6.45) is 1.35. The lowest BCUT2D eigenvalue weighted by molar-refractivity contribution is -0.385. The number of para-hydroxylation sites is 1. The Balaban J connectivity index is 2.97. The number of ether oxygens (including phenoxy) is 1.